The van der Waals surface area contributed by atoms with Crippen molar-refractivity contribution in [3.8, 4) is 0 Å². The van der Waals surface area contributed by atoms with Crippen LogP contribution in [0.15, 0.2) is 12.7 Å². The Morgan fingerprint density at radius 3 is 2.05 bits per heavy atom. The third kappa shape index (κ3) is 4.63. The van der Waals surface area contributed by atoms with Crippen LogP contribution in [-0.2, 0) is 4.74 Å². The van der Waals surface area contributed by atoms with Crippen molar-refractivity contribution in [1.82, 2.24) is 0 Å². The lowest BCUT2D eigenvalue weighted by atomic mass is 9.70. The van der Waals surface area contributed by atoms with Crippen LogP contribution >= 0.6 is 0 Å². The van der Waals surface area contributed by atoms with Crippen LogP contribution in [0.25, 0.3) is 0 Å². The van der Waals surface area contributed by atoms with Gasteiger partial charge in [0.05, 0.1) is 12.7 Å². The van der Waals surface area contributed by atoms with Crippen LogP contribution in [0.5, 0.6) is 0 Å². The second kappa shape index (κ2) is 8.09. The molecule has 0 N–H and O–H groups in total. The average Bonchev–Trinajstić information content (AvgIpc) is 2.47. The summed E-state index contributed by atoms with van der Waals surface area (Å²) in [5.74, 6) is 3.09. The van der Waals surface area contributed by atoms with E-state index >= 15 is 0 Å². The first-order valence-corrected chi connectivity index (χ1v) is 8.56. The molecule has 0 bridgehead atoms. The minimum atomic E-state index is 0.519. The van der Waals surface area contributed by atoms with Crippen molar-refractivity contribution in [2.45, 2.75) is 77.2 Å². The van der Waals surface area contributed by atoms with Crippen LogP contribution in [-0.4, -0.2) is 12.7 Å². The van der Waals surface area contributed by atoms with E-state index in [2.05, 4.69) is 13.5 Å². The fraction of sp³-hybridized carbons (Fsp3) is 0.889. The van der Waals surface area contributed by atoms with Gasteiger partial charge in [0.15, 0.2) is 0 Å². The molecule has 2 saturated carbocycles. The molecule has 1 nitrogen and oxygen atoms in total. The van der Waals surface area contributed by atoms with Gasteiger partial charge in [0, 0.05) is 0 Å². The minimum absolute atomic E-state index is 0.519. The highest BCUT2D eigenvalue weighted by Gasteiger charge is 2.30. The fourth-order valence-corrected chi connectivity index (χ4v) is 4.29. The van der Waals surface area contributed by atoms with E-state index in [9.17, 15) is 0 Å². The maximum atomic E-state index is 5.80. The molecule has 0 amide bonds. The van der Waals surface area contributed by atoms with Gasteiger partial charge in [0.1, 0.15) is 0 Å². The Kier molecular flexibility index (Phi) is 6.43. The molecule has 0 atom stereocenters. The van der Waals surface area contributed by atoms with E-state index in [1.807, 2.05) is 6.08 Å². The largest absolute Gasteiger partial charge is 0.374 e. The lowest BCUT2D eigenvalue weighted by molar-refractivity contribution is 0.0211. The van der Waals surface area contributed by atoms with Crippen molar-refractivity contribution in [3.63, 3.8) is 0 Å². The summed E-state index contributed by atoms with van der Waals surface area (Å²) in [4.78, 5) is 0. The Balaban J connectivity index is 1.66. The van der Waals surface area contributed by atoms with E-state index in [1.165, 1.54) is 64.2 Å². The molecule has 2 aliphatic rings. The monoisotopic (exact) mass is 264 g/mol. The molecule has 2 rings (SSSR count). The van der Waals surface area contributed by atoms with Gasteiger partial charge in [-0.25, -0.2) is 0 Å². The predicted octanol–water partition coefficient (Wildman–Crippen LogP) is 5.35. The second-order valence-electron chi connectivity index (χ2n) is 6.73. The van der Waals surface area contributed by atoms with Gasteiger partial charge in [-0.2, -0.15) is 0 Å². The summed E-state index contributed by atoms with van der Waals surface area (Å²) < 4.78 is 5.80. The third-order valence-corrected chi connectivity index (χ3v) is 5.42. The smallest absolute Gasteiger partial charge is 0.0648 e. The Bertz CT molecular complexity index is 244. The van der Waals surface area contributed by atoms with Crippen LogP contribution in [0.1, 0.15) is 71.1 Å². The maximum Gasteiger partial charge on any atom is 0.0648 e. The van der Waals surface area contributed by atoms with Gasteiger partial charge in [0.25, 0.3) is 0 Å². The van der Waals surface area contributed by atoms with E-state index in [1.54, 1.807) is 0 Å². The van der Waals surface area contributed by atoms with Crippen LogP contribution in [0, 0.1) is 17.8 Å². The molecule has 2 fully saturated rings. The van der Waals surface area contributed by atoms with Crippen molar-refractivity contribution >= 4 is 0 Å². The molecule has 110 valence electrons. The highest BCUT2D eigenvalue weighted by molar-refractivity contribution is 4.82. The van der Waals surface area contributed by atoms with Crippen LogP contribution in [0.4, 0.5) is 0 Å². The summed E-state index contributed by atoms with van der Waals surface area (Å²) in [6.45, 7) is 6.79. The number of ether oxygens (including phenoxy) is 1. The number of rotatable bonds is 6. The van der Waals surface area contributed by atoms with E-state index in [0.29, 0.717) is 6.10 Å². The topological polar surface area (TPSA) is 9.23 Å². The second-order valence-corrected chi connectivity index (χ2v) is 6.73. The van der Waals surface area contributed by atoms with Gasteiger partial charge in [-0.1, -0.05) is 38.7 Å². The van der Waals surface area contributed by atoms with E-state index < -0.39 is 0 Å². The summed E-state index contributed by atoms with van der Waals surface area (Å²) in [7, 11) is 0. The first-order chi connectivity index (χ1) is 9.33. The summed E-state index contributed by atoms with van der Waals surface area (Å²) in [6.07, 6.45) is 16.6. The van der Waals surface area contributed by atoms with Crippen molar-refractivity contribution in [1.29, 1.82) is 0 Å². The van der Waals surface area contributed by atoms with Gasteiger partial charge in [-0.15, -0.1) is 6.58 Å². The lowest BCUT2D eigenvalue weighted by Gasteiger charge is -2.37. The molecule has 0 aliphatic heterocycles. The van der Waals surface area contributed by atoms with Gasteiger partial charge in [-0.05, 0) is 56.3 Å². The molecule has 0 spiro atoms. The van der Waals surface area contributed by atoms with Crippen molar-refractivity contribution in [2.75, 3.05) is 6.61 Å². The van der Waals surface area contributed by atoms with Gasteiger partial charge >= 0.3 is 0 Å². The summed E-state index contributed by atoms with van der Waals surface area (Å²) in [5, 5.41) is 0. The summed E-state index contributed by atoms with van der Waals surface area (Å²) >= 11 is 0. The predicted molar refractivity (Wildman–Crippen MR) is 82.3 cm³/mol. The van der Waals surface area contributed by atoms with E-state index in [4.69, 9.17) is 4.74 Å². The van der Waals surface area contributed by atoms with Crippen molar-refractivity contribution in [3.05, 3.63) is 12.7 Å². The van der Waals surface area contributed by atoms with Crippen molar-refractivity contribution < 1.29 is 4.74 Å². The number of hydrogen-bond acceptors (Lipinski definition) is 1. The first-order valence-electron chi connectivity index (χ1n) is 8.56. The zero-order valence-corrected chi connectivity index (χ0v) is 12.8. The summed E-state index contributed by atoms with van der Waals surface area (Å²) in [6, 6.07) is 0. The molecule has 0 aromatic rings. The standard InChI is InChI=1S/C18H32O/c1-3-5-15-6-8-16(9-7-15)17-10-12-18(13-11-17)19-14-4-2/h4,15-18H,2-3,5-14H2,1H3/t15?,16?,17-,18-. The average molecular weight is 264 g/mol. The molecule has 0 unspecified atom stereocenters. The Labute approximate surface area is 119 Å². The van der Waals surface area contributed by atoms with Crippen LogP contribution in [0.3, 0.4) is 0 Å². The molecule has 0 radical (unpaired) electrons. The molecular weight excluding hydrogens is 232 g/mol. The molecule has 0 aromatic carbocycles. The fourth-order valence-electron chi connectivity index (χ4n) is 4.29. The first kappa shape index (κ1) is 15.1. The van der Waals surface area contributed by atoms with Crippen molar-refractivity contribution in [2.24, 2.45) is 17.8 Å². The van der Waals surface area contributed by atoms with Crippen LogP contribution in [0.2, 0.25) is 0 Å². The number of hydrogen-bond donors (Lipinski definition) is 0. The zero-order valence-electron chi connectivity index (χ0n) is 12.8. The summed E-state index contributed by atoms with van der Waals surface area (Å²) in [5.41, 5.74) is 0. The zero-order chi connectivity index (χ0) is 13.5. The Morgan fingerprint density at radius 2 is 1.53 bits per heavy atom. The normalized spacial score (nSPS) is 36.1. The molecular formula is C18H32O. The molecule has 1 heteroatoms. The molecule has 0 aromatic heterocycles. The SMILES string of the molecule is C=CCO[C@H]1CC[C@H](C2CCC(CCC)CC2)CC1. The minimum Gasteiger partial charge on any atom is -0.374 e. The van der Waals surface area contributed by atoms with Crippen LogP contribution < -0.4 is 0 Å². The Hall–Kier alpha value is -0.300. The lowest BCUT2D eigenvalue weighted by Crippen LogP contribution is -2.28. The third-order valence-electron chi connectivity index (χ3n) is 5.42. The molecule has 0 heterocycles. The highest BCUT2D eigenvalue weighted by atomic mass is 16.5. The highest BCUT2D eigenvalue weighted by Crippen LogP contribution is 2.41. The van der Waals surface area contributed by atoms with E-state index in [-0.39, 0.29) is 0 Å². The quantitative estimate of drug-likeness (QED) is 0.587. The molecule has 0 saturated heterocycles. The van der Waals surface area contributed by atoms with Gasteiger partial charge in [-0.3, -0.25) is 0 Å². The van der Waals surface area contributed by atoms with Gasteiger partial charge < -0.3 is 4.74 Å². The molecule has 2 aliphatic carbocycles. The maximum absolute atomic E-state index is 5.80. The Morgan fingerprint density at radius 1 is 0.947 bits per heavy atom. The van der Waals surface area contributed by atoms with E-state index in [0.717, 1.165) is 24.4 Å². The van der Waals surface area contributed by atoms with Gasteiger partial charge in [0.2, 0.25) is 0 Å². The molecule has 19 heavy (non-hydrogen) atoms.